The molecule has 4 rings (SSSR count). The fourth-order valence-electron chi connectivity index (χ4n) is 3.72. The number of fused-ring (bicyclic) bond motifs is 1. The summed E-state index contributed by atoms with van der Waals surface area (Å²) in [5.41, 5.74) is -0.150. The Morgan fingerprint density at radius 1 is 1.26 bits per heavy atom. The fourth-order valence-corrected chi connectivity index (χ4v) is 3.72. The van der Waals surface area contributed by atoms with Gasteiger partial charge in [-0.25, -0.2) is 14.5 Å². The Hall–Kier alpha value is -2.91. The highest BCUT2D eigenvalue weighted by Crippen LogP contribution is 2.21. The summed E-state index contributed by atoms with van der Waals surface area (Å²) < 4.78 is 8.12. The van der Waals surface area contributed by atoms with E-state index in [-0.39, 0.29) is 17.5 Å². The van der Waals surface area contributed by atoms with E-state index in [0.717, 1.165) is 12.2 Å². The summed E-state index contributed by atoms with van der Waals surface area (Å²) in [6.45, 7) is 2.99. The minimum absolute atomic E-state index is 0.114. The maximum Gasteiger partial charge on any atom is 0.345 e. The number of rotatable bonds is 3. The van der Waals surface area contributed by atoms with Gasteiger partial charge in [0.05, 0.1) is 13.0 Å². The molecule has 1 amide bonds. The van der Waals surface area contributed by atoms with E-state index in [0.29, 0.717) is 51.0 Å². The van der Waals surface area contributed by atoms with Crippen molar-refractivity contribution in [2.75, 3.05) is 38.2 Å². The number of piperazine rings is 1. The van der Waals surface area contributed by atoms with Crippen molar-refractivity contribution in [3.8, 4) is 5.88 Å². The molecule has 10 nitrogen and oxygen atoms in total. The van der Waals surface area contributed by atoms with Gasteiger partial charge in [0.25, 0.3) is 0 Å². The van der Waals surface area contributed by atoms with Crippen molar-refractivity contribution in [3.05, 3.63) is 28.6 Å². The highest BCUT2D eigenvalue weighted by atomic mass is 16.5. The normalized spacial score (nSPS) is 19.7. The maximum atomic E-state index is 12.9. The Balaban J connectivity index is 1.39. The Morgan fingerprint density at radius 2 is 2.04 bits per heavy atom. The third-order valence-electron chi connectivity index (χ3n) is 5.25. The Bertz CT molecular complexity index is 898. The molecule has 4 heterocycles. The molecule has 0 aromatic carbocycles. The summed E-state index contributed by atoms with van der Waals surface area (Å²) in [5, 5.41) is 4.23. The van der Waals surface area contributed by atoms with Crippen LogP contribution in [-0.4, -0.2) is 68.4 Å². The molecule has 0 spiro atoms. The predicted octanol–water partition coefficient (Wildman–Crippen LogP) is -0.708. The lowest BCUT2D eigenvalue weighted by Gasteiger charge is -2.37. The van der Waals surface area contributed by atoms with Crippen molar-refractivity contribution < 1.29 is 9.53 Å². The van der Waals surface area contributed by atoms with Gasteiger partial charge >= 0.3 is 5.69 Å². The van der Waals surface area contributed by atoms with Crippen LogP contribution in [-0.2, 0) is 24.8 Å². The van der Waals surface area contributed by atoms with Gasteiger partial charge in [-0.1, -0.05) is 0 Å². The van der Waals surface area contributed by atoms with Crippen molar-refractivity contribution in [1.29, 1.82) is 0 Å². The van der Waals surface area contributed by atoms with Gasteiger partial charge in [-0.15, -0.1) is 0 Å². The first-order valence-electron chi connectivity index (χ1n) is 9.10. The number of ether oxygens (including phenoxy) is 1. The first-order chi connectivity index (χ1) is 13.1. The average molecular weight is 373 g/mol. The standard InChI is InChI=1S/C17H23N7O3/c1-21-17(26)24-11-12(3-4-13(24)20-21)15(25)22-7-9-23(10-8-22)16-18-6-5-14(19-16)27-2/h5-6,12H,3-4,7-11H2,1-2H3/t12-/m1/s1. The summed E-state index contributed by atoms with van der Waals surface area (Å²) in [5.74, 6) is 1.86. The van der Waals surface area contributed by atoms with Gasteiger partial charge in [0, 0.05) is 58.5 Å². The van der Waals surface area contributed by atoms with Crippen LogP contribution in [0.5, 0.6) is 5.88 Å². The Labute approximate surface area is 156 Å². The molecule has 0 bridgehead atoms. The Kier molecular flexibility index (Phi) is 4.54. The second-order valence-electron chi connectivity index (χ2n) is 6.88. The van der Waals surface area contributed by atoms with E-state index >= 15 is 0 Å². The molecule has 1 saturated heterocycles. The van der Waals surface area contributed by atoms with Crippen LogP contribution in [0.3, 0.4) is 0 Å². The molecule has 2 aromatic heterocycles. The SMILES string of the molecule is COc1ccnc(N2CCN(C(=O)[C@@H]3CCc4nn(C)c(=O)n4C3)CC2)n1. The number of amides is 1. The van der Waals surface area contributed by atoms with Crippen molar-refractivity contribution in [3.63, 3.8) is 0 Å². The molecule has 0 saturated carbocycles. The largest absolute Gasteiger partial charge is 0.481 e. The lowest BCUT2D eigenvalue weighted by Crippen LogP contribution is -2.52. The number of aryl methyl sites for hydroxylation is 2. The molecule has 1 fully saturated rings. The molecule has 0 radical (unpaired) electrons. The fraction of sp³-hybridized carbons (Fsp3) is 0.588. The summed E-state index contributed by atoms with van der Waals surface area (Å²) in [6.07, 6.45) is 3.06. The summed E-state index contributed by atoms with van der Waals surface area (Å²) in [6, 6.07) is 1.71. The van der Waals surface area contributed by atoms with E-state index < -0.39 is 0 Å². The number of anilines is 1. The molecule has 1 atom stereocenters. The third-order valence-corrected chi connectivity index (χ3v) is 5.25. The average Bonchev–Trinajstić information content (AvgIpc) is 3.01. The van der Waals surface area contributed by atoms with Gasteiger partial charge < -0.3 is 14.5 Å². The molecule has 0 aliphatic carbocycles. The van der Waals surface area contributed by atoms with E-state index in [1.54, 1.807) is 31.0 Å². The highest BCUT2D eigenvalue weighted by Gasteiger charge is 2.32. The van der Waals surface area contributed by atoms with Crippen molar-refractivity contribution in [1.82, 2.24) is 29.2 Å². The summed E-state index contributed by atoms with van der Waals surface area (Å²) in [7, 11) is 3.22. The first-order valence-corrected chi connectivity index (χ1v) is 9.10. The van der Waals surface area contributed by atoms with E-state index in [1.807, 2.05) is 4.90 Å². The maximum absolute atomic E-state index is 12.9. The van der Waals surface area contributed by atoms with Crippen LogP contribution in [0.25, 0.3) is 0 Å². The number of hydrogen-bond acceptors (Lipinski definition) is 7. The number of nitrogens with zero attached hydrogens (tertiary/aromatic N) is 7. The number of carbonyl (C=O) groups excluding carboxylic acids is 1. The quantitative estimate of drug-likeness (QED) is 0.701. The monoisotopic (exact) mass is 373 g/mol. The second-order valence-corrected chi connectivity index (χ2v) is 6.88. The van der Waals surface area contributed by atoms with Gasteiger partial charge in [-0.2, -0.15) is 10.1 Å². The van der Waals surface area contributed by atoms with Crippen LogP contribution >= 0.6 is 0 Å². The van der Waals surface area contributed by atoms with Gasteiger partial charge in [0.2, 0.25) is 17.7 Å². The van der Waals surface area contributed by atoms with E-state index in [9.17, 15) is 9.59 Å². The number of methoxy groups -OCH3 is 1. The summed E-state index contributed by atoms with van der Waals surface area (Å²) >= 11 is 0. The molecule has 27 heavy (non-hydrogen) atoms. The third kappa shape index (κ3) is 3.26. The smallest absolute Gasteiger partial charge is 0.345 e. The zero-order valence-corrected chi connectivity index (χ0v) is 15.5. The molecule has 10 heteroatoms. The zero-order chi connectivity index (χ0) is 19.0. The zero-order valence-electron chi connectivity index (χ0n) is 15.5. The minimum atomic E-state index is -0.168. The van der Waals surface area contributed by atoms with Crippen LogP contribution in [0.2, 0.25) is 0 Å². The second kappa shape index (κ2) is 7.01. The number of hydrogen-bond donors (Lipinski definition) is 0. The van der Waals surface area contributed by atoms with Crippen molar-refractivity contribution in [2.45, 2.75) is 19.4 Å². The van der Waals surface area contributed by atoms with Crippen LogP contribution in [0.1, 0.15) is 12.2 Å². The van der Waals surface area contributed by atoms with Gasteiger partial charge in [-0.3, -0.25) is 9.36 Å². The van der Waals surface area contributed by atoms with Crippen molar-refractivity contribution in [2.24, 2.45) is 13.0 Å². The molecule has 2 aromatic rings. The molecule has 0 N–H and O–H groups in total. The van der Waals surface area contributed by atoms with E-state index in [4.69, 9.17) is 4.74 Å². The molecular formula is C17H23N7O3. The lowest BCUT2D eigenvalue weighted by molar-refractivity contribution is -0.136. The summed E-state index contributed by atoms with van der Waals surface area (Å²) in [4.78, 5) is 37.6. The van der Waals surface area contributed by atoms with Gasteiger partial charge in [-0.05, 0) is 6.42 Å². The van der Waals surface area contributed by atoms with E-state index in [1.165, 1.54) is 4.68 Å². The van der Waals surface area contributed by atoms with E-state index in [2.05, 4.69) is 20.0 Å². The van der Waals surface area contributed by atoms with Crippen LogP contribution in [0.4, 0.5) is 5.95 Å². The molecule has 144 valence electrons. The van der Waals surface area contributed by atoms with Crippen LogP contribution in [0, 0.1) is 5.92 Å². The van der Waals surface area contributed by atoms with Crippen molar-refractivity contribution >= 4 is 11.9 Å². The molecular weight excluding hydrogens is 350 g/mol. The predicted molar refractivity (Wildman–Crippen MR) is 96.7 cm³/mol. The Morgan fingerprint density at radius 3 is 2.78 bits per heavy atom. The number of aromatic nitrogens is 5. The molecule has 0 unspecified atom stereocenters. The molecule has 2 aliphatic heterocycles. The van der Waals surface area contributed by atoms with Gasteiger partial charge in [0.1, 0.15) is 5.82 Å². The highest BCUT2D eigenvalue weighted by molar-refractivity contribution is 5.79. The van der Waals surface area contributed by atoms with Crippen LogP contribution in [0.15, 0.2) is 17.1 Å². The number of carbonyl (C=O) groups is 1. The van der Waals surface area contributed by atoms with Crippen LogP contribution < -0.4 is 15.3 Å². The first kappa shape index (κ1) is 17.5. The lowest BCUT2D eigenvalue weighted by atomic mass is 9.97. The minimum Gasteiger partial charge on any atom is -0.481 e. The topological polar surface area (TPSA) is 98.4 Å². The molecule has 2 aliphatic rings. The van der Waals surface area contributed by atoms with Gasteiger partial charge in [0.15, 0.2) is 0 Å².